The number of hydrogen-bond donors (Lipinski definition) is 1. The first-order chi connectivity index (χ1) is 10.1. The van der Waals surface area contributed by atoms with Crippen molar-refractivity contribution in [2.24, 2.45) is 0 Å². The number of aryl methyl sites for hydroxylation is 2. The first-order valence-corrected chi connectivity index (χ1v) is 7.21. The zero-order chi connectivity index (χ0) is 14.8. The van der Waals surface area contributed by atoms with Gasteiger partial charge in [-0.1, -0.05) is 17.3 Å². The number of hydrogen-bond acceptors (Lipinski definition) is 3. The first-order valence-electron chi connectivity index (χ1n) is 7.21. The van der Waals surface area contributed by atoms with Crippen LogP contribution in [0.3, 0.4) is 0 Å². The van der Waals surface area contributed by atoms with Crippen LogP contribution in [0.25, 0.3) is 0 Å². The van der Waals surface area contributed by atoms with Gasteiger partial charge in [-0.3, -0.25) is 0 Å². The van der Waals surface area contributed by atoms with Crippen LogP contribution >= 0.6 is 0 Å². The Labute approximate surface area is 123 Å². The molecule has 0 bridgehead atoms. The van der Waals surface area contributed by atoms with E-state index < -0.39 is 0 Å². The van der Waals surface area contributed by atoms with E-state index in [2.05, 4.69) is 10.5 Å². The number of nitrogens with one attached hydrogen (secondary N) is 1. The molecule has 1 aliphatic heterocycles. The summed E-state index contributed by atoms with van der Waals surface area (Å²) in [6, 6.07) is 9.64. The van der Waals surface area contributed by atoms with Gasteiger partial charge in [-0.25, -0.2) is 4.79 Å². The van der Waals surface area contributed by atoms with E-state index >= 15 is 0 Å². The molecule has 2 amide bonds. The van der Waals surface area contributed by atoms with Gasteiger partial charge in [-0.2, -0.15) is 0 Å². The smallest absolute Gasteiger partial charge is 0.322 e. The fourth-order valence-electron chi connectivity index (χ4n) is 2.78. The van der Waals surface area contributed by atoms with Crippen LogP contribution in [0.5, 0.6) is 0 Å². The van der Waals surface area contributed by atoms with Gasteiger partial charge in [0.2, 0.25) is 0 Å². The van der Waals surface area contributed by atoms with Crippen LogP contribution in [0.15, 0.2) is 34.9 Å². The molecule has 0 spiro atoms. The number of likely N-dealkylation sites (tertiary alicyclic amines) is 1. The molecule has 0 saturated carbocycles. The second-order valence-corrected chi connectivity index (χ2v) is 5.51. The van der Waals surface area contributed by atoms with Gasteiger partial charge in [0.1, 0.15) is 11.5 Å². The zero-order valence-corrected chi connectivity index (χ0v) is 12.3. The Bertz CT molecular complexity index is 650. The maximum atomic E-state index is 12.5. The van der Waals surface area contributed by atoms with Crippen molar-refractivity contribution in [2.45, 2.75) is 32.7 Å². The molecular formula is C16H19N3O2. The number of aromatic nitrogens is 1. The molecule has 1 atom stereocenters. The molecule has 0 unspecified atom stereocenters. The molecule has 1 fully saturated rings. The molecule has 1 aromatic heterocycles. The molecule has 21 heavy (non-hydrogen) atoms. The van der Waals surface area contributed by atoms with Gasteiger partial charge < -0.3 is 14.7 Å². The van der Waals surface area contributed by atoms with Crippen LogP contribution in [0.2, 0.25) is 0 Å². The summed E-state index contributed by atoms with van der Waals surface area (Å²) >= 11 is 0. The highest BCUT2D eigenvalue weighted by Gasteiger charge is 2.32. The number of urea groups is 1. The average molecular weight is 285 g/mol. The summed E-state index contributed by atoms with van der Waals surface area (Å²) in [7, 11) is 0. The van der Waals surface area contributed by atoms with Crippen molar-refractivity contribution in [1.82, 2.24) is 10.1 Å². The van der Waals surface area contributed by atoms with E-state index in [1.165, 1.54) is 0 Å². The van der Waals surface area contributed by atoms with Crippen molar-refractivity contribution in [2.75, 3.05) is 11.9 Å². The number of rotatable bonds is 2. The van der Waals surface area contributed by atoms with Crippen molar-refractivity contribution in [3.63, 3.8) is 0 Å². The number of carbonyl (C=O) groups is 1. The third kappa shape index (κ3) is 2.91. The van der Waals surface area contributed by atoms with Crippen molar-refractivity contribution in [3.05, 3.63) is 47.3 Å². The number of nitrogens with zero attached hydrogens (tertiary/aromatic N) is 2. The lowest BCUT2D eigenvalue weighted by atomic mass is 10.1. The van der Waals surface area contributed by atoms with E-state index in [0.717, 1.165) is 42.1 Å². The predicted octanol–water partition coefficient (Wildman–Crippen LogP) is 3.66. The molecule has 5 heteroatoms. The summed E-state index contributed by atoms with van der Waals surface area (Å²) < 4.78 is 5.13. The van der Waals surface area contributed by atoms with Crippen LogP contribution in [-0.2, 0) is 0 Å². The van der Waals surface area contributed by atoms with E-state index in [-0.39, 0.29) is 12.1 Å². The van der Waals surface area contributed by atoms with Crippen LogP contribution in [0.4, 0.5) is 10.5 Å². The van der Waals surface area contributed by atoms with E-state index in [0.29, 0.717) is 0 Å². The first kappa shape index (κ1) is 13.7. The minimum atomic E-state index is -0.0799. The second kappa shape index (κ2) is 5.60. The fraction of sp³-hybridized carbons (Fsp3) is 0.375. The normalized spacial score (nSPS) is 18.0. The Hall–Kier alpha value is -2.30. The molecule has 110 valence electrons. The molecule has 0 radical (unpaired) electrons. The summed E-state index contributed by atoms with van der Waals surface area (Å²) in [4.78, 5) is 14.3. The monoisotopic (exact) mass is 285 g/mol. The summed E-state index contributed by atoms with van der Waals surface area (Å²) in [5, 5.41) is 7.01. The SMILES string of the molecule is Cc1cccc(NC(=O)N2CCC[C@@H]2c2cc(C)on2)c1. The minimum Gasteiger partial charge on any atom is -0.361 e. The summed E-state index contributed by atoms with van der Waals surface area (Å²) in [6.07, 6.45) is 1.91. The maximum absolute atomic E-state index is 12.5. The topological polar surface area (TPSA) is 58.4 Å². The third-order valence-corrected chi connectivity index (χ3v) is 3.77. The van der Waals surface area contributed by atoms with Crippen LogP contribution < -0.4 is 5.32 Å². The van der Waals surface area contributed by atoms with E-state index in [1.807, 2.05) is 49.1 Å². The molecule has 1 aromatic carbocycles. The van der Waals surface area contributed by atoms with Crippen molar-refractivity contribution >= 4 is 11.7 Å². The van der Waals surface area contributed by atoms with Gasteiger partial charge in [0, 0.05) is 18.3 Å². The molecule has 1 N–H and O–H groups in total. The van der Waals surface area contributed by atoms with Gasteiger partial charge in [-0.05, 0) is 44.4 Å². The largest absolute Gasteiger partial charge is 0.361 e. The van der Waals surface area contributed by atoms with Gasteiger partial charge in [0.15, 0.2) is 0 Å². The van der Waals surface area contributed by atoms with Crippen LogP contribution in [-0.4, -0.2) is 22.6 Å². The highest BCUT2D eigenvalue weighted by atomic mass is 16.5. The lowest BCUT2D eigenvalue weighted by Gasteiger charge is -2.23. The summed E-state index contributed by atoms with van der Waals surface area (Å²) in [6.45, 7) is 4.61. The van der Waals surface area contributed by atoms with Gasteiger partial charge in [-0.15, -0.1) is 0 Å². The fourth-order valence-corrected chi connectivity index (χ4v) is 2.78. The second-order valence-electron chi connectivity index (χ2n) is 5.51. The number of anilines is 1. The summed E-state index contributed by atoms with van der Waals surface area (Å²) in [5.74, 6) is 0.774. The van der Waals surface area contributed by atoms with Crippen molar-refractivity contribution < 1.29 is 9.32 Å². The molecule has 3 rings (SSSR count). The quantitative estimate of drug-likeness (QED) is 0.916. The van der Waals surface area contributed by atoms with E-state index in [4.69, 9.17) is 4.52 Å². The molecule has 0 aliphatic carbocycles. The maximum Gasteiger partial charge on any atom is 0.322 e. The van der Waals surface area contributed by atoms with Crippen LogP contribution in [0, 0.1) is 13.8 Å². The van der Waals surface area contributed by atoms with E-state index in [1.54, 1.807) is 0 Å². The Kier molecular flexibility index (Phi) is 3.64. The Morgan fingerprint density at radius 2 is 2.24 bits per heavy atom. The highest BCUT2D eigenvalue weighted by Crippen LogP contribution is 2.32. The number of carbonyl (C=O) groups excluding carboxylic acids is 1. The van der Waals surface area contributed by atoms with Gasteiger partial charge in [0.05, 0.1) is 6.04 Å². The standard InChI is InChI=1S/C16H19N3O2/c1-11-5-3-6-13(9-11)17-16(20)19-8-4-7-15(19)14-10-12(2)21-18-14/h3,5-6,9-10,15H,4,7-8H2,1-2H3,(H,17,20)/t15-/m1/s1. The molecule has 1 saturated heterocycles. The molecular weight excluding hydrogens is 266 g/mol. The average Bonchev–Trinajstić information content (AvgIpc) is 3.06. The van der Waals surface area contributed by atoms with E-state index in [9.17, 15) is 4.79 Å². The lowest BCUT2D eigenvalue weighted by molar-refractivity contribution is 0.204. The predicted molar refractivity (Wildman–Crippen MR) is 80.1 cm³/mol. The number of benzene rings is 1. The zero-order valence-electron chi connectivity index (χ0n) is 12.3. The lowest BCUT2D eigenvalue weighted by Crippen LogP contribution is -2.34. The van der Waals surface area contributed by atoms with Crippen molar-refractivity contribution in [3.8, 4) is 0 Å². The molecule has 5 nitrogen and oxygen atoms in total. The summed E-state index contributed by atoms with van der Waals surface area (Å²) in [5.41, 5.74) is 2.78. The highest BCUT2D eigenvalue weighted by molar-refractivity contribution is 5.89. The van der Waals surface area contributed by atoms with Gasteiger partial charge in [0.25, 0.3) is 0 Å². The Morgan fingerprint density at radius 1 is 1.38 bits per heavy atom. The Morgan fingerprint density at radius 3 is 2.95 bits per heavy atom. The molecule has 2 heterocycles. The van der Waals surface area contributed by atoms with Gasteiger partial charge >= 0.3 is 6.03 Å². The van der Waals surface area contributed by atoms with Crippen molar-refractivity contribution in [1.29, 1.82) is 0 Å². The minimum absolute atomic E-state index is 0.00672. The number of amides is 2. The third-order valence-electron chi connectivity index (χ3n) is 3.77. The molecule has 1 aliphatic rings. The Balaban J connectivity index is 1.74. The van der Waals surface area contributed by atoms with Crippen LogP contribution in [0.1, 0.15) is 35.9 Å². The molecule has 2 aromatic rings.